The first kappa shape index (κ1) is 19.9. The summed E-state index contributed by atoms with van der Waals surface area (Å²) < 4.78 is 5.64. The van der Waals surface area contributed by atoms with Crippen molar-refractivity contribution in [3.63, 3.8) is 0 Å². The molecule has 2 atom stereocenters. The fourth-order valence-corrected chi connectivity index (χ4v) is 4.65. The number of benzene rings is 1. The van der Waals surface area contributed by atoms with Crippen LogP contribution < -0.4 is 0 Å². The summed E-state index contributed by atoms with van der Waals surface area (Å²) in [5.74, 6) is 0.246. The normalized spacial score (nSPS) is 25.3. The Balaban J connectivity index is 1.79. The van der Waals surface area contributed by atoms with E-state index in [-0.39, 0.29) is 29.9 Å². The zero-order valence-corrected chi connectivity index (χ0v) is 17.6. The van der Waals surface area contributed by atoms with Crippen molar-refractivity contribution in [1.82, 2.24) is 4.90 Å². The minimum Gasteiger partial charge on any atom is -0.444 e. The van der Waals surface area contributed by atoms with Crippen LogP contribution in [0.5, 0.6) is 0 Å². The molecule has 2 aliphatic rings. The molecule has 0 aliphatic carbocycles. The second-order valence-corrected chi connectivity index (χ2v) is 9.41. The Kier molecular flexibility index (Phi) is 5.38. The smallest absolute Gasteiger partial charge is 0.410 e. The number of aryl methyl sites for hydroxylation is 3. The summed E-state index contributed by atoms with van der Waals surface area (Å²) in [6.07, 6.45) is 4.34. The lowest BCUT2D eigenvalue weighted by atomic mass is 9.75. The average Bonchev–Trinajstić information content (AvgIpc) is 2.54. The molecule has 1 amide bonds. The van der Waals surface area contributed by atoms with Gasteiger partial charge < -0.3 is 9.64 Å². The molecule has 0 aromatic heterocycles. The van der Waals surface area contributed by atoms with Crippen molar-refractivity contribution >= 4 is 11.9 Å². The number of rotatable bonds is 2. The summed E-state index contributed by atoms with van der Waals surface area (Å²) >= 11 is 0. The Morgan fingerprint density at radius 3 is 2.07 bits per heavy atom. The monoisotopic (exact) mass is 371 g/mol. The van der Waals surface area contributed by atoms with Crippen LogP contribution >= 0.6 is 0 Å². The molecule has 2 unspecified atom stereocenters. The third-order valence-corrected chi connectivity index (χ3v) is 6.06. The van der Waals surface area contributed by atoms with E-state index in [4.69, 9.17) is 4.74 Å². The third kappa shape index (κ3) is 4.20. The van der Waals surface area contributed by atoms with Crippen molar-refractivity contribution in [3.8, 4) is 0 Å². The molecular formula is C23H33NO3. The summed E-state index contributed by atoms with van der Waals surface area (Å²) in [4.78, 5) is 28.0. The van der Waals surface area contributed by atoms with E-state index in [1.165, 1.54) is 5.56 Å². The highest BCUT2D eigenvalue weighted by Crippen LogP contribution is 2.39. The molecule has 2 fully saturated rings. The zero-order valence-electron chi connectivity index (χ0n) is 17.6. The number of piperidine rings is 2. The number of nitrogens with zero attached hydrogens (tertiary/aromatic N) is 1. The molecule has 0 N–H and O–H groups in total. The van der Waals surface area contributed by atoms with Crippen molar-refractivity contribution < 1.29 is 14.3 Å². The number of ketones is 1. The quantitative estimate of drug-likeness (QED) is 0.657. The van der Waals surface area contributed by atoms with Crippen LogP contribution in [0.25, 0.3) is 0 Å². The molecule has 27 heavy (non-hydrogen) atoms. The van der Waals surface area contributed by atoms with Gasteiger partial charge in [0, 0.05) is 23.6 Å². The summed E-state index contributed by atoms with van der Waals surface area (Å²) in [5, 5.41) is 0. The van der Waals surface area contributed by atoms with Crippen LogP contribution in [0.3, 0.4) is 0 Å². The van der Waals surface area contributed by atoms with Gasteiger partial charge in [-0.2, -0.15) is 0 Å². The molecule has 0 spiro atoms. The van der Waals surface area contributed by atoms with Crippen LogP contribution in [0.4, 0.5) is 4.79 Å². The molecule has 1 aromatic carbocycles. The lowest BCUT2D eigenvalue weighted by molar-refractivity contribution is -0.0260. The third-order valence-electron chi connectivity index (χ3n) is 6.06. The largest absolute Gasteiger partial charge is 0.444 e. The van der Waals surface area contributed by atoms with E-state index < -0.39 is 5.60 Å². The number of Topliss-reactive ketones (excluding diaryl/α,β-unsaturated/α-hetero) is 1. The van der Waals surface area contributed by atoms with Crippen LogP contribution in [0.1, 0.15) is 79.9 Å². The molecule has 2 saturated heterocycles. The molecule has 3 rings (SSSR count). The maximum Gasteiger partial charge on any atom is 0.410 e. The summed E-state index contributed by atoms with van der Waals surface area (Å²) in [7, 11) is 0. The topological polar surface area (TPSA) is 46.6 Å². The van der Waals surface area contributed by atoms with Gasteiger partial charge in [-0.25, -0.2) is 4.79 Å². The van der Waals surface area contributed by atoms with Crippen molar-refractivity contribution in [2.45, 2.75) is 91.3 Å². The Labute approximate surface area is 163 Å². The van der Waals surface area contributed by atoms with Gasteiger partial charge in [0.1, 0.15) is 5.60 Å². The van der Waals surface area contributed by atoms with Gasteiger partial charge in [-0.15, -0.1) is 0 Å². The van der Waals surface area contributed by atoms with E-state index in [2.05, 4.69) is 19.9 Å². The van der Waals surface area contributed by atoms with Gasteiger partial charge in [-0.1, -0.05) is 6.07 Å². The minimum atomic E-state index is -0.491. The minimum absolute atomic E-state index is 0.000192. The average molecular weight is 372 g/mol. The van der Waals surface area contributed by atoms with Gasteiger partial charge in [0.05, 0.1) is 0 Å². The zero-order chi connectivity index (χ0) is 19.9. The van der Waals surface area contributed by atoms with Crippen LogP contribution in [-0.4, -0.2) is 34.5 Å². The van der Waals surface area contributed by atoms with Gasteiger partial charge in [-0.3, -0.25) is 4.79 Å². The molecule has 148 valence electrons. The fraction of sp³-hybridized carbons (Fsp3) is 0.652. The first-order valence-electron chi connectivity index (χ1n) is 10.2. The molecule has 4 heteroatoms. The van der Waals surface area contributed by atoms with E-state index >= 15 is 0 Å². The molecule has 4 nitrogen and oxygen atoms in total. The van der Waals surface area contributed by atoms with Crippen LogP contribution in [0, 0.1) is 26.7 Å². The maximum atomic E-state index is 13.3. The number of hydrogen-bond donors (Lipinski definition) is 0. The Hall–Kier alpha value is -1.84. The summed E-state index contributed by atoms with van der Waals surface area (Å²) in [6, 6.07) is 4.39. The predicted octanol–water partition coefficient (Wildman–Crippen LogP) is 5.36. The van der Waals surface area contributed by atoms with Crippen LogP contribution in [0.2, 0.25) is 0 Å². The molecule has 0 radical (unpaired) electrons. The first-order valence-corrected chi connectivity index (χ1v) is 10.2. The van der Waals surface area contributed by atoms with Gasteiger partial charge in [0.25, 0.3) is 0 Å². The maximum absolute atomic E-state index is 13.3. The van der Waals surface area contributed by atoms with E-state index in [1.807, 2.05) is 38.7 Å². The van der Waals surface area contributed by atoms with Gasteiger partial charge in [-0.05, 0) is 96.4 Å². The van der Waals surface area contributed by atoms with Gasteiger partial charge in [0.2, 0.25) is 0 Å². The number of fused-ring (bicyclic) bond motifs is 2. The molecule has 2 heterocycles. The van der Waals surface area contributed by atoms with Crippen molar-refractivity contribution in [2.75, 3.05) is 0 Å². The first-order chi connectivity index (χ1) is 12.6. The van der Waals surface area contributed by atoms with E-state index in [1.54, 1.807) is 0 Å². The Bertz CT molecular complexity index is 733. The number of ether oxygens (including phenoxy) is 1. The summed E-state index contributed by atoms with van der Waals surface area (Å²) in [6.45, 7) is 11.9. The Morgan fingerprint density at radius 2 is 1.52 bits per heavy atom. The van der Waals surface area contributed by atoms with Crippen molar-refractivity contribution in [1.29, 1.82) is 0 Å². The Morgan fingerprint density at radius 1 is 0.963 bits per heavy atom. The van der Waals surface area contributed by atoms with Crippen LogP contribution in [-0.2, 0) is 4.74 Å². The van der Waals surface area contributed by atoms with Crippen molar-refractivity contribution in [2.24, 2.45) is 5.92 Å². The van der Waals surface area contributed by atoms with E-state index in [0.717, 1.165) is 48.8 Å². The number of carbonyl (C=O) groups is 2. The second kappa shape index (κ2) is 7.29. The number of amides is 1. The highest BCUT2D eigenvalue weighted by Gasteiger charge is 2.44. The van der Waals surface area contributed by atoms with Crippen LogP contribution in [0.15, 0.2) is 12.1 Å². The summed E-state index contributed by atoms with van der Waals surface area (Å²) in [5.41, 5.74) is 3.81. The van der Waals surface area contributed by atoms with E-state index in [0.29, 0.717) is 0 Å². The SMILES string of the molecule is Cc1cc(C)c(C(=O)C2CC3CCCC(C2)N3C(=O)OC(C)(C)C)cc1C. The molecular weight excluding hydrogens is 338 g/mol. The molecule has 1 aromatic rings. The standard InChI is InChI=1S/C23H33NO3/c1-14-10-16(3)20(11-15(14)2)21(25)17-12-18-8-7-9-19(13-17)24(18)22(26)27-23(4,5)6/h10-11,17-19H,7-9,12-13H2,1-6H3. The van der Waals surface area contributed by atoms with Crippen molar-refractivity contribution in [3.05, 3.63) is 34.4 Å². The highest BCUT2D eigenvalue weighted by atomic mass is 16.6. The predicted molar refractivity (Wildman–Crippen MR) is 107 cm³/mol. The fourth-order valence-electron chi connectivity index (χ4n) is 4.65. The van der Waals surface area contributed by atoms with E-state index in [9.17, 15) is 9.59 Å². The highest BCUT2D eigenvalue weighted by molar-refractivity contribution is 5.99. The van der Waals surface area contributed by atoms with Gasteiger partial charge in [0.15, 0.2) is 5.78 Å². The molecule has 2 bridgehead atoms. The number of carbonyl (C=O) groups excluding carboxylic acids is 2. The molecule has 2 aliphatic heterocycles. The lowest BCUT2D eigenvalue weighted by Crippen LogP contribution is -2.56. The number of hydrogen-bond acceptors (Lipinski definition) is 3. The van der Waals surface area contributed by atoms with Gasteiger partial charge >= 0.3 is 6.09 Å². The molecule has 0 saturated carbocycles. The second-order valence-electron chi connectivity index (χ2n) is 9.41. The lowest BCUT2D eigenvalue weighted by Gasteiger charge is -2.48.